The van der Waals surface area contributed by atoms with Gasteiger partial charge in [-0.1, -0.05) is 13.1 Å². The first-order chi connectivity index (χ1) is 9.82. The summed E-state index contributed by atoms with van der Waals surface area (Å²) in [5, 5.41) is 12.0. The van der Waals surface area contributed by atoms with Crippen LogP contribution in [0.4, 0.5) is 5.69 Å². The van der Waals surface area contributed by atoms with Gasteiger partial charge in [-0.15, -0.1) is 0 Å². The van der Waals surface area contributed by atoms with Gasteiger partial charge in [-0.3, -0.25) is 4.79 Å². The fraction of sp³-hybridized carbons (Fsp3) is 0.235. The molecule has 2 aromatic rings. The van der Waals surface area contributed by atoms with Gasteiger partial charge in [-0.25, -0.2) is 0 Å². The third kappa shape index (κ3) is 1.98. The lowest BCUT2D eigenvalue weighted by Gasteiger charge is -2.33. The van der Waals surface area contributed by atoms with Gasteiger partial charge in [0, 0.05) is 30.9 Å². The van der Waals surface area contributed by atoms with Crippen LogP contribution >= 0.6 is 0 Å². The van der Waals surface area contributed by atoms with Gasteiger partial charge in [0.05, 0.1) is 0 Å². The van der Waals surface area contributed by atoms with Crippen molar-refractivity contribution >= 4 is 29.9 Å². The van der Waals surface area contributed by atoms with Crippen LogP contribution in [0.3, 0.4) is 0 Å². The lowest BCUT2D eigenvalue weighted by Crippen LogP contribution is -2.59. The zero-order valence-electron chi connectivity index (χ0n) is 12.8. The molecule has 1 aliphatic heterocycles. The summed E-state index contributed by atoms with van der Waals surface area (Å²) in [6, 6.07) is 11.2. The smallest absolute Gasteiger partial charge is 0.192 e. The molecule has 1 aliphatic rings. The molecule has 0 radical (unpaired) electrons. The third-order valence-electron chi connectivity index (χ3n) is 4.36. The molecule has 0 amide bonds. The molecule has 0 bridgehead atoms. The van der Waals surface area contributed by atoms with E-state index in [0.29, 0.717) is 0 Å². The largest absolute Gasteiger partial charge is 0.508 e. The molecule has 1 N–H and O–H groups in total. The van der Waals surface area contributed by atoms with Gasteiger partial charge in [0.25, 0.3) is 0 Å². The zero-order chi connectivity index (χ0) is 15.4. The van der Waals surface area contributed by atoms with Crippen molar-refractivity contribution < 1.29 is 9.90 Å². The van der Waals surface area contributed by atoms with E-state index in [2.05, 4.69) is 19.2 Å². The van der Waals surface area contributed by atoms with Crippen LogP contribution in [0.2, 0.25) is 13.1 Å². The topological polar surface area (TPSA) is 40.5 Å². The van der Waals surface area contributed by atoms with Crippen molar-refractivity contribution in [3.8, 4) is 5.75 Å². The average Bonchev–Trinajstić information content (AvgIpc) is 2.44. The maximum atomic E-state index is 12.7. The van der Waals surface area contributed by atoms with Crippen LogP contribution in [0.5, 0.6) is 5.75 Å². The highest BCUT2D eigenvalue weighted by Crippen LogP contribution is 2.24. The first-order valence-corrected chi connectivity index (χ1v) is 10.0. The Bertz CT molecular complexity index is 750. The number of ketones is 1. The van der Waals surface area contributed by atoms with Crippen LogP contribution in [-0.4, -0.2) is 33.1 Å². The molecule has 3 nitrogen and oxygen atoms in total. The number of carbonyl (C=O) groups excluding carboxylic acids is 1. The van der Waals surface area contributed by atoms with Crippen molar-refractivity contribution in [1.82, 2.24) is 0 Å². The van der Waals surface area contributed by atoms with Gasteiger partial charge in [-0.2, -0.15) is 0 Å². The number of rotatable bonds is 1. The summed E-state index contributed by atoms with van der Waals surface area (Å²) < 4.78 is 0. The van der Waals surface area contributed by atoms with E-state index in [1.165, 1.54) is 0 Å². The van der Waals surface area contributed by atoms with Gasteiger partial charge in [0.15, 0.2) is 5.78 Å². The summed E-state index contributed by atoms with van der Waals surface area (Å²) in [6.45, 7) is 4.46. The minimum absolute atomic E-state index is 0.0668. The van der Waals surface area contributed by atoms with E-state index < -0.39 is 8.07 Å². The van der Waals surface area contributed by atoms with Crippen molar-refractivity contribution in [3.05, 3.63) is 47.5 Å². The fourth-order valence-corrected chi connectivity index (χ4v) is 6.11. The maximum absolute atomic E-state index is 12.7. The minimum atomic E-state index is -1.99. The summed E-state index contributed by atoms with van der Waals surface area (Å²) in [4.78, 5) is 14.8. The molecule has 0 atom stereocenters. The van der Waals surface area contributed by atoms with Crippen molar-refractivity contribution in [3.63, 3.8) is 0 Å². The predicted octanol–water partition coefficient (Wildman–Crippen LogP) is 1.83. The molecule has 0 fully saturated rings. The molecule has 0 aromatic heterocycles. The highest BCUT2D eigenvalue weighted by Gasteiger charge is 2.38. The summed E-state index contributed by atoms with van der Waals surface area (Å²) in [7, 11) is 2.01. The van der Waals surface area contributed by atoms with Crippen molar-refractivity contribution in [2.24, 2.45) is 0 Å². The molecule has 21 heavy (non-hydrogen) atoms. The number of benzene rings is 2. The second-order valence-corrected chi connectivity index (χ2v) is 10.6. The number of phenols is 1. The molecule has 1 heterocycles. The van der Waals surface area contributed by atoms with E-state index >= 15 is 0 Å². The second kappa shape index (κ2) is 4.46. The van der Waals surface area contributed by atoms with E-state index in [-0.39, 0.29) is 11.5 Å². The van der Waals surface area contributed by atoms with E-state index in [1.807, 2.05) is 31.1 Å². The summed E-state index contributed by atoms with van der Waals surface area (Å²) in [5.74, 6) is 0.298. The van der Waals surface area contributed by atoms with Crippen molar-refractivity contribution in [2.45, 2.75) is 13.1 Å². The van der Waals surface area contributed by atoms with Crippen LogP contribution in [0, 0.1) is 0 Å². The number of anilines is 1. The van der Waals surface area contributed by atoms with Crippen LogP contribution in [0.1, 0.15) is 15.9 Å². The Morgan fingerprint density at radius 1 is 0.952 bits per heavy atom. The monoisotopic (exact) mass is 297 g/mol. The first kappa shape index (κ1) is 13.9. The summed E-state index contributed by atoms with van der Waals surface area (Å²) in [6.07, 6.45) is 0. The molecule has 0 aliphatic carbocycles. The maximum Gasteiger partial charge on any atom is 0.192 e. The van der Waals surface area contributed by atoms with Gasteiger partial charge in [0.2, 0.25) is 0 Å². The van der Waals surface area contributed by atoms with Crippen LogP contribution in [-0.2, 0) is 0 Å². The predicted molar refractivity (Wildman–Crippen MR) is 89.1 cm³/mol. The van der Waals surface area contributed by atoms with Gasteiger partial charge in [0.1, 0.15) is 13.8 Å². The molecule has 0 spiro atoms. The van der Waals surface area contributed by atoms with E-state index in [4.69, 9.17) is 0 Å². The fourth-order valence-electron chi connectivity index (χ4n) is 3.06. The molecule has 3 rings (SSSR count). The minimum Gasteiger partial charge on any atom is -0.508 e. The molecule has 4 heteroatoms. The van der Waals surface area contributed by atoms with Gasteiger partial charge >= 0.3 is 0 Å². The molecule has 0 saturated carbocycles. The molecule has 0 unspecified atom stereocenters. The van der Waals surface area contributed by atoms with E-state index in [0.717, 1.165) is 27.2 Å². The number of fused-ring (bicyclic) bond motifs is 2. The summed E-state index contributed by atoms with van der Waals surface area (Å²) in [5.41, 5.74) is 2.66. The normalized spacial score (nSPS) is 15.3. The number of aromatic hydroxyl groups is 1. The van der Waals surface area contributed by atoms with E-state index in [1.54, 1.807) is 18.2 Å². The quantitative estimate of drug-likeness (QED) is 0.816. The lowest BCUT2D eigenvalue weighted by atomic mass is 10.0. The average molecular weight is 297 g/mol. The third-order valence-corrected chi connectivity index (χ3v) is 7.88. The first-order valence-electron chi connectivity index (χ1n) is 7.02. The highest BCUT2D eigenvalue weighted by atomic mass is 28.3. The van der Waals surface area contributed by atoms with Gasteiger partial charge in [-0.05, 0) is 46.8 Å². The SMILES string of the molecule is CN(C)c1ccc2c(c1)[Si](C)(C)c1cc(O)ccc1C2=O. The Labute approximate surface area is 125 Å². The lowest BCUT2D eigenvalue weighted by molar-refractivity contribution is 0.104. The highest BCUT2D eigenvalue weighted by molar-refractivity contribution is 7.02. The number of carbonyl (C=O) groups is 1. The molecular weight excluding hydrogens is 278 g/mol. The number of nitrogens with zero attached hydrogens (tertiary/aromatic N) is 1. The Morgan fingerprint density at radius 3 is 2.14 bits per heavy atom. The van der Waals surface area contributed by atoms with Crippen LogP contribution in [0.15, 0.2) is 36.4 Å². The van der Waals surface area contributed by atoms with E-state index in [9.17, 15) is 9.90 Å². The number of hydrogen-bond acceptors (Lipinski definition) is 3. The van der Waals surface area contributed by atoms with Crippen molar-refractivity contribution in [1.29, 1.82) is 0 Å². The number of hydrogen-bond donors (Lipinski definition) is 1. The van der Waals surface area contributed by atoms with Gasteiger partial charge < -0.3 is 10.0 Å². The Balaban J connectivity index is 2.30. The second-order valence-electron chi connectivity index (χ2n) is 6.31. The molecule has 2 aromatic carbocycles. The standard InChI is InChI=1S/C17H19NO2Si/c1-18(2)11-5-7-13-15(9-11)21(3,4)16-10-12(19)6-8-14(16)17(13)20/h5-10,19H,1-4H3. The molecular formula is C17H19NO2Si. The van der Waals surface area contributed by atoms with Crippen molar-refractivity contribution in [2.75, 3.05) is 19.0 Å². The van der Waals surface area contributed by atoms with Crippen LogP contribution in [0.25, 0.3) is 0 Å². The Hall–Kier alpha value is -2.07. The zero-order valence-corrected chi connectivity index (χ0v) is 13.8. The number of phenolic OH excluding ortho intramolecular Hbond substituents is 1. The Morgan fingerprint density at radius 2 is 1.52 bits per heavy atom. The Kier molecular flexibility index (Phi) is 2.95. The molecule has 108 valence electrons. The molecule has 0 saturated heterocycles. The van der Waals surface area contributed by atoms with Crippen LogP contribution < -0.4 is 15.3 Å². The summed E-state index contributed by atoms with van der Waals surface area (Å²) >= 11 is 0.